The van der Waals surface area contributed by atoms with Crippen LogP contribution in [0, 0.1) is 5.92 Å². The van der Waals surface area contributed by atoms with Crippen LogP contribution in [0.5, 0.6) is 0 Å². The Hall–Kier alpha value is -2.56. The van der Waals surface area contributed by atoms with Gasteiger partial charge in [0.2, 0.25) is 5.91 Å². The van der Waals surface area contributed by atoms with Gasteiger partial charge in [0, 0.05) is 45.0 Å². The first kappa shape index (κ1) is 21.7. The molecule has 3 amide bonds. The van der Waals surface area contributed by atoms with E-state index in [1.807, 2.05) is 0 Å². The lowest BCUT2D eigenvalue weighted by atomic mass is 9.96. The van der Waals surface area contributed by atoms with Crippen molar-refractivity contribution in [3.8, 4) is 0 Å². The summed E-state index contributed by atoms with van der Waals surface area (Å²) in [6.45, 7) is 2.41. The number of fused-ring (bicyclic) bond motifs is 1. The maximum atomic E-state index is 12.9. The van der Waals surface area contributed by atoms with Gasteiger partial charge in [0.25, 0.3) is 5.56 Å². The van der Waals surface area contributed by atoms with Gasteiger partial charge in [-0.3, -0.25) is 9.59 Å². The molecule has 170 valence electrons. The fourth-order valence-electron chi connectivity index (χ4n) is 4.49. The molecule has 3 saturated heterocycles. The highest BCUT2D eigenvalue weighted by atomic mass is 19.4. The van der Waals surface area contributed by atoms with Crippen LogP contribution in [0.2, 0.25) is 0 Å². The Balaban J connectivity index is 1.29. The summed E-state index contributed by atoms with van der Waals surface area (Å²) < 4.78 is 45.0. The minimum Gasteiger partial charge on any atom is -0.366 e. The number of rotatable bonds is 2. The van der Waals surface area contributed by atoms with Crippen LogP contribution < -0.4 is 10.9 Å². The Morgan fingerprint density at radius 1 is 1.13 bits per heavy atom. The van der Waals surface area contributed by atoms with Gasteiger partial charge < -0.3 is 24.4 Å². The number of ether oxygens (including phenoxy) is 1. The number of halogens is 3. The molecule has 0 unspecified atom stereocenters. The van der Waals surface area contributed by atoms with Gasteiger partial charge in [-0.15, -0.1) is 0 Å². The zero-order valence-corrected chi connectivity index (χ0v) is 16.9. The quantitative estimate of drug-likeness (QED) is 0.748. The summed E-state index contributed by atoms with van der Waals surface area (Å²) in [5.41, 5.74) is -1.62. The number of nitrogens with one attached hydrogen (secondary N) is 1. The number of likely N-dealkylation sites (tertiary alicyclic amines) is 2. The molecule has 8 nitrogen and oxygen atoms in total. The highest BCUT2D eigenvalue weighted by Gasteiger charge is 2.38. The molecule has 1 aromatic heterocycles. The molecule has 3 aliphatic heterocycles. The van der Waals surface area contributed by atoms with E-state index in [1.165, 1.54) is 10.8 Å². The van der Waals surface area contributed by atoms with Gasteiger partial charge in [-0.1, -0.05) is 0 Å². The fourth-order valence-corrected chi connectivity index (χ4v) is 4.49. The van der Waals surface area contributed by atoms with E-state index in [0.29, 0.717) is 58.1 Å². The molecule has 3 aliphatic rings. The first-order chi connectivity index (χ1) is 14.7. The average Bonchev–Trinajstić information content (AvgIpc) is 2.74. The van der Waals surface area contributed by atoms with Gasteiger partial charge in [-0.05, 0) is 31.2 Å². The molecule has 0 saturated carbocycles. The van der Waals surface area contributed by atoms with E-state index in [9.17, 15) is 27.6 Å². The van der Waals surface area contributed by atoms with Crippen molar-refractivity contribution in [3.05, 3.63) is 34.2 Å². The van der Waals surface area contributed by atoms with E-state index in [-0.39, 0.29) is 36.6 Å². The maximum Gasteiger partial charge on any atom is 0.416 e. The minimum atomic E-state index is -4.54. The van der Waals surface area contributed by atoms with Crippen molar-refractivity contribution in [1.29, 1.82) is 0 Å². The molecule has 1 aromatic rings. The average molecular weight is 442 g/mol. The summed E-state index contributed by atoms with van der Waals surface area (Å²) in [5, 5.41) is 2.88. The first-order valence-electron chi connectivity index (χ1n) is 10.4. The van der Waals surface area contributed by atoms with E-state index in [4.69, 9.17) is 4.74 Å². The zero-order valence-electron chi connectivity index (χ0n) is 16.9. The van der Waals surface area contributed by atoms with Crippen LogP contribution in [-0.2, 0) is 22.3 Å². The topological polar surface area (TPSA) is 83.9 Å². The standard InChI is InChI=1S/C20H25F3N4O4/c21-20(22,23)14-3-7-26(18(29)9-14)10-13-1-5-25(6-2-13)19(30)27-8-4-16-15(11-27)24-17(28)12-31-16/h3,7,9,13,15-16H,1-2,4-6,8,10-12H2,(H,24,28)/t15-,16+/m0/s1. The molecule has 31 heavy (non-hydrogen) atoms. The lowest BCUT2D eigenvalue weighted by Crippen LogP contribution is -2.62. The van der Waals surface area contributed by atoms with Crippen molar-refractivity contribution in [2.45, 2.75) is 44.1 Å². The van der Waals surface area contributed by atoms with Crippen molar-refractivity contribution < 1.29 is 27.5 Å². The Morgan fingerprint density at radius 2 is 1.84 bits per heavy atom. The normalized spacial score (nSPS) is 25.2. The number of alkyl halides is 3. The van der Waals surface area contributed by atoms with E-state index in [1.54, 1.807) is 9.80 Å². The van der Waals surface area contributed by atoms with Gasteiger partial charge in [0.15, 0.2) is 0 Å². The van der Waals surface area contributed by atoms with Crippen molar-refractivity contribution in [3.63, 3.8) is 0 Å². The number of urea groups is 1. The van der Waals surface area contributed by atoms with Crippen molar-refractivity contribution >= 4 is 11.9 Å². The van der Waals surface area contributed by atoms with Gasteiger partial charge in [-0.25, -0.2) is 4.79 Å². The summed E-state index contributed by atoms with van der Waals surface area (Å²) in [5.74, 6) is -0.0647. The van der Waals surface area contributed by atoms with Gasteiger partial charge >= 0.3 is 12.2 Å². The number of morpholine rings is 1. The second kappa shape index (κ2) is 8.52. The highest BCUT2D eigenvalue weighted by molar-refractivity contribution is 5.79. The molecular formula is C20H25F3N4O4. The van der Waals surface area contributed by atoms with E-state index < -0.39 is 17.3 Å². The Morgan fingerprint density at radius 3 is 2.52 bits per heavy atom. The summed E-state index contributed by atoms with van der Waals surface area (Å²) in [4.78, 5) is 40.0. The molecule has 0 aromatic carbocycles. The van der Waals surface area contributed by atoms with E-state index >= 15 is 0 Å². The zero-order chi connectivity index (χ0) is 22.2. The van der Waals surface area contributed by atoms with Crippen LogP contribution in [0.3, 0.4) is 0 Å². The molecule has 2 atom stereocenters. The predicted molar refractivity (Wildman–Crippen MR) is 103 cm³/mol. The lowest BCUT2D eigenvalue weighted by Gasteiger charge is -2.43. The van der Waals surface area contributed by atoms with E-state index in [0.717, 1.165) is 6.07 Å². The van der Waals surface area contributed by atoms with E-state index in [2.05, 4.69) is 5.32 Å². The summed E-state index contributed by atoms with van der Waals surface area (Å²) in [6.07, 6.45) is -1.41. The van der Waals surface area contributed by atoms with Crippen LogP contribution >= 0.6 is 0 Å². The predicted octanol–water partition coefficient (Wildman–Crippen LogP) is 1.29. The number of piperidine rings is 2. The first-order valence-corrected chi connectivity index (χ1v) is 10.4. The molecule has 4 rings (SSSR count). The fraction of sp³-hybridized carbons (Fsp3) is 0.650. The second-order valence-electron chi connectivity index (χ2n) is 8.37. The highest BCUT2D eigenvalue weighted by Crippen LogP contribution is 2.28. The van der Waals surface area contributed by atoms with Crippen LogP contribution in [0.1, 0.15) is 24.8 Å². The number of carbonyl (C=O) groups is 2. The Labute approximate surface area is 176 Å². The third-order valence-corrected chi connectivity index (χ3v) is 6.26. The lowest BCUT2D eigenvalue weighted by molar-refractivity contribution is -0.140. The van der Waals surface area contributed by atoms with Gasteiger partial charge in [0.05, 0.1) is 17.7 Å². The summed E-state index contributed by atoms with van der Waals surface area (Å²) >= 11 is 0. The van der Waals surface area contributed by atoms with Crippen molar-refractivity contribution in [1.82, 2.24) is 19.7 Å². The third-order valence-electron chi connectivity index (χ3n) is 6.26. The number of pyridine rings is 1. The monoisotopic (exact) mass is 442 g/mol. The molecule has 0 spiro atoms. The minimum absolute atomic E-state index is 0.0602. The molecule has 4 heterocycles. The summed E-state index contributed by atoms with van der Waals surface area (Å²) in [7, 11) is 0. The number of nitrogens with zero attached hydrogens (tertiary/aromatic N) is 3. The SMILES string of the molecule is O=C1CO[C@@H]2CCN(C(=O)N3CCC(Cn4ccc(C(F)(F)F)cc4=O)CC3)C[C@@H]2N1. The van der Waals surface area contributed by atoms with Crippen molar-refractivity contribution in [2.24, 2.45) is 5.92 Å². The van der Waals surface area contributed by atoms with Crippen molar-refractivity contribution in [2.75, 3.05) is 32.8 Å². The maximum absolute atomic E-state index is 12.9. The Bertz CT molecular complexity index is 895. The van der Waals surface area contributed by atoms with Crippen LogP contribution in [-0.4, -0.2) is 71.2 Å². The number of aromatic nitrogens is 1. The third kappa shape index (κ3) is 4.86. The Kier molecular flexibility index (Phi) is 5.96. The van der Waals surface area contributed by atoms with Gasteiger partial charge in [0.1, 0.15) is 6.61 Å². The smallest absolute Gasteiger partial charge is 0.366 e. The number of amides is 3. The van der Waals surface area contributed by atoms with Gasteiger partial charge in [-0.2, -0.15) is 13.2 Å². The largest absolute Gasteiger partial charge is 0.416 e. The molecule has 3 fully saturated rings. The number of carbonyl (C=O) groups excluding carboxylic acids is 2. The molecule has 0 aliphatic carbocycles. The number of hydrogen-bond donors (Lipinski definition) is 1. The van der Waals surface area contributed by atoms with Crippen LogP contribution in [0.15, 0.2) is 23.1 Å². The number of hydrogen-bond acceptors (Lipinski definition) is 4. The summed E-state index contributed by atoms with van der Waals surface area (Å²) in [6, 6.07) is 1.26. The van der Waals surface area contributed by atoms with Crippen LogP contribution in [0.4, 0.5) is 18.0 Å². The van der Waals surface area contributed by atoms with Crippen LogP contribution in [0.25, 0.3) is 0 Å². The molecule has 1 N–H and O–H groups in total. The molecular weight excluding hydrogens is 417 g/mol. The molecule has 11 heteroatoms. The molecule has 0 bridgehead atoms. The second-order valence-corrected chi connectivity index (χ2v) is 8.37. The molecule has 0 radical (unpaired) electrons.